The van der Waals surface area contributed by atoms with Crippen molar-refractivity contribution in [2.45, 2.75) is 287 Å². The Morgan fingerprint density at radius 1 is 0.507 bits per heavy atom. The van der Waals surface area contributed by atoms with Crippen LogP contribution in [0.3, 0.4) is 0 Å². The quantitative estimate of drug-likeness (QED) is 0.0215. The number of rotatable bonds is 46. The molecule has 0 spiro atoms. The zero-order chi connectivity index (χ0) is 49.0. The summed E-state index contributed by atoms with van der Waals surface area (Å²) >= 11 is 0. The van der Waals surface area contributed by atoms with Crippen molar-refractivity contribution in [3.05, 3.63) is 48.6 Å². The molecule has 11 heteroatoms. The summed E-state index contributed by atoms with van der Waals surface area (Å²) in [5.74, 6) is -0.717. The van der Waals surface area contributed by atoms with Crippen LogP contribution in [-0.4, -0.2) is 110 Å². The number of ether oxygens (including phenoxy) is 2. The largest absolute Gasteiger partial charge is 0.394 e. The fourth-order valence-corrected chi connectivity index (χ4v) is 8.53. The van der Waals surface area contributed by atoms with Crippen LogP contribution < -0.4 is 5.32 Å². The van der Waals surface area contributed by atoms with Crippen molar-refractivity contribution < 1.29 is 50.0 Å². The van der Waals surface area contributed by atoms with Gasteiger partial charge in [0.05, 0.1) is 25.4 Å². The van der Waals surface area contributed by atoms with Gasteiger partial charge in [-0.15, -0.1) is 0 Å². The van der Waals surface area contributed by atoms with Crippen molar-refractivity contribution in [2.24, 2.45) is 0 Å². The number of allylic oxidation sites excluding steroid dienone is 8. The molecule has 1 amide bonds. The topological polar surface area (TPSA) is 189 Å². The minimum Gasteiger partial charge on any atom is -0.394 e. The Balaban J connectivity index is 2.39. The van der Waals surface area contributed by atoms with E-state index in [4.69, 9.17) is 9.47 Å². The third-order valence-corrected chi connectivity index (χ3v) is 13.1. The summed E-state index contributed by atoms with van der Waals surface area (Å²) in [4.78, 5) is 13.2. The summed E-state index contributed by atoms with van der Waals surface area (Å²) in [6.45, 7) is 3.42. The van der Waals surface area contributed by atoms with Crippen LogP contribution in [0.1, 0.15) is 232 Å². The normalized spacial score (nSPS) is 21.0. The smallest absolute Gasteiger partial charge is 0.249 e. The van der Waals surface area contributed by atoms with E-state index in [9.17, 15) is 40.5 Å². The molecule has 0 aromatic rings. The standard InChI is InChI=1S/C56H103NO10/c1-3-5-7-9-11-13-15-17-19-21-23-24-25-26-28-30-32-34-36-38-40-42-44-49(60)55(65)57-47(46-66-56-54(64)53(63)52(62)50(45-58)67-56)51(61)48(59)43-41-39-37-35-33-31-29-27-22-20-18-16-14-12-10-8-6-4-2/h16,18,26-29,35,37,47-54,56,58-64H,3-15,17,19-25,30-34,36,38-46H2,1-2H3,(H,57,65)/b18-16+,28-26-,29-27+,37-35+. The van der Waals surface area contributed by atoms with Gasteiger partial charge in [-0.1, -0.05) is 191 Å². The van der Waals surface area contributed by atoms with Crippen LogP contribution in [0.4, 0.5) is 0 Å². The van der Waals surface area contributed by atoms with Gasteiger partial charge in [0.1, 0.15) is 36.6 Å². The number of unbranched alkanes of at least 4 members (excludes halogenated alkanes) is 26. The zero-order valence-electron chi connectivity index (χ0n) is 42.6. The van der Waals surface area contributed by atoms with E-state index >= 15 is 0 Å². The lowest BCUT2D eigenvalue weighted by molar-refractivity contribution is -0.303. The number of hydrogen-bond donors (Lipinski definition) is 8. The molecule has 0 aliphatic carbocycles. The fourth-order valence-electron chi connectivity index (χ4n) is 8.53. The Morgan fingerprint density at radius 2 is 0.896 bits per heavy atom. The SMILES string of the molecule is CCCCCCC/C=C/CC/C=C/CC/C=C/CCCC(O)C(O)C(COC1OC(CO)C(O)C(O)C1O)NC(=O)C(O)CCCCCCCC/C=C\CCCCCCCCCCCCCC. The molecule has 1 aliphatic rings. The second-order valence-electron chi connectivity index (χ2n) is 19.3. The van der Waals surface area contributed by atoms with Gasteiger partial charge in [0, 0.05) is 0 Å². The Morgan fingerprint density at radius 3 is 1.33 bits per heavy atom. The Kier molecular flexibility index (Phi) is 42.6. The van der Waals surface area contributed by atoms with Crippen LogP contribution >= 0.6 is 0 Å². The van der Waals surface area contributed by atoms with E-state index in [2.05, 4.69) is 67.8 Å². The first kappa shape index (κ1) is 63.1. The molecule has 8 N–H and O–H groups in total. The van der Waals surface area contributed by atoms with Crippen LogP contribution in [0, 0.1) is 0 Å². The van der Waals surface area contributed by atoms with Crippen molar-refractivity contribution >= 4 is 5.91 Å². The molecule has 9 atom stereocenters. The van der Waals surface area contributed by atoms with Gasteiger partial charge < -0.3 is 50.5 Å². The van der Waals surface area contributed by atoms with Crippen LogP contribution in [0.25, 0.3) is 0 Å². The Hall–Kier alpha value is -1.93. The average Bonchev–Trinajstić information content (AvgIpc) is 3.33. The highest BCUT2D eigenvalue weighted by Gasteiger charge is 2.44. The maximum absolute atomic E-state index is 13.2. The van der Waals surface area contributed by atoms with Crippen molar-refractivity contribution in [1.29, 1.82) is 0 Å². The van der Waals surface area contributed by atoms with Crippen molar-refractivity contribution in [3.8, 4) is 0 Å². The van der Waals surface area contributed by atoms with Crippen molar-refractivity contribution in [2.75, 3.05) is 13.2 Å². The van der Waals surface area contributed by atoms with E-state index in [-0.39, 0.29) is 12.8 Å². The molecule has 1 saturated heterocycles. The number of hydrogen-bond acceptors (Lipinski definition) is 10. The number of amides is 1. The van der Waals surface area contributed by atoms with Crippen LogP contribution in [-0.2, 0) is 14.3 Å². The lowest BCUT2D eigenvalue weighted by atomic mass is 9.98. The molecule has 1 aliphatic heterocycles. The van der Waals surface area contributed by atoms with Gasteiger partial charge in [0.15, 0.2) is 6.29 Å². The zero-order valence-corrected chi connectivity index (χ0v) is 42.6. The highest BCUT2D eigenvalue weighted by molar-refractivity contribution is 5.80. The van der Waals surface area contributed by atoms with Gasteiger partial charge in [-0.3, -0.25) is 4.79 Å². The van der Waals surface area contributed by atoms with Crippen molar-refractivity contribution in [3.63, 3.8) is 0 Å². The Bertz CT molecular complexity index is 1230. The summed E-state index contributed by atoms with van der Waals surface area (Å²) < 4.78 is 11.1. The highest BCUT2D eigenvalue weighted by Crippen LogP contribution is 2.23. The number of aliphatic hydroxyl groups excluding tert-OH is 7. The molecule has 1 fully saturated rings. The molecule has 0 bridgehead atoms. The first-order valence-corrected chi connectivity index (χ1v) is 27.5. The van der Waals surface area contributed by atoms with Crippen LogP contribution in [0.2, 0.25) is 0 Å². The van der Waals surface area contributed by atoms with Gasteiger partial charge in [-0.2, -0.15) is 0 Å². The second kappa shape index (κ2) is 45.2. The van der Waals surface area contributed by atoms with E-state index < -0.39 is 74.2 Å². The van der Waals surface area contributed by atoms with Crippen LogP contribution in [0.5, 0.6) is 0 Å². The predicted octanol–water partition coefficient (Wildman–Crippen LogP) is 10.9. The van der Waals surface area contributed by atoms with Gasteiger partial charge in [-0.25, -0.2) is 0 Å². The lowest BCUT2D eigenvalue weighted by Gasteiger charge is -2.40. The summed E-state index contributed by atoms with van der Waals surface area (Å²) in [6, 6.07) is -1.20. The molecule has 0 saturated carbocycles. The maximum atomic E-state index is 13.2. The molecule has 11 nitrogen and oxygen atoms in total. The molecule has 1 heterocycles. The van der Waals surface area contributed by atoms with E-state index in [1.54, 1.807) is 0 Å². The third kappa shape index (κ3) is 34.1. The summed E-state index contributed by atoms with van der Waals surface area (Å²) in [5, 5.41) is 76.0. The number of nitrogens with one attached hydrogen (secondary N) is 1. The summed E-state index contributed by atoms with van der Waals surface area (Å²) in [5.41, 5.74) is 0. The van der Waals surface area contributed by atoms with E-state index in [1.165, 1.54) is 122 Å². The molecule has 0 aromatic carbocycles. The van der Waals surface area contributed by atoms with E-state index in [0.717, 1.165) is 64.2 Å². The van der Waals surface area contributed by atoms with Gasteiger partial charge in [0.2, 0.25) is 5.91 Å². The molecule has 67 heavy (non-hydrogen) atoms. The fraction of sp³-hybridized carbons (Fsp3) is 0.839. The summed E-state index contributed by atoms with van der Waals surface area (Å²) in [6.07, 6.45) is 44.4. The highest BCUT2D eigenvalue weighted by atomic mass is 16.7. The minimum atomic E-state index is -1.67. The number of carbonyl (C=O) groups is 1. The molecule has 0 aromatic heterocycles. The molecule has 9 unspecified atom stereocenters. The number of aliphatic hydroxyl groups is 7. The van der Waals surface area contributed by atoms with E-state index in [0.29, 0.717) is 19.3 Å². The monoisotopic (exact) mass is 950 g/mol. The molecule has 0 radical (unpaired) electrons. The second-order valence-corrected chi connectivity index (χ2v) is 19.3. The third-order valence-electron chi connectivity index (χ3n) is 13.1. The molecule has 392 valence electrons. The van der Waals surface area contributed by atoms with Crippen molar-refractivity contribution in [1.82, 2.24) is 5.32 Å². The first-order chi connectivity index (χ1) is 32.7. The maximum Gasteiger partial charge on any atom is 0.249 e. The average molecular weight is 950 g/mol. The van der Waals surface area contributed by atoms with Crippen LogP contribution in [0.15, 0.2) is 48.6 Å². The predicted molar refractivity (Wildman–Crippen MR) is 275 cm³/mol. The van der Waals surface area contributed by atoms with Gasteiger partial charge >= 0.3 is 0 Å². The van der Waals surface area contributed by atoms with E-state index in [1.807, 2.05) is 0 Å². The van der Waals surface area contributed by atoms with Gasteiger partial charge in [-0.05, 0) is 89.9 Å². The summed E-state index contributed by atoms with van der Waals surface area (Å²) in [7, 11) is 0. The molecular weight excluding hydrogens is 847 g/mol. The minimum absolute atomic E-state index is 0.238. The lowest BCUT2D eigenvalue weighted by Crippen LogP contribution is -2.60. The number of carbonyl (C=O) groups excluding carboxylic acids is 1. The first-order valence-electron chi connectivity index (χ1n) is 27.5. The molecular formula is C56H103NO10. The van der Waals surface area contributed by atoms with Gasteiger partial charge in [0.25, 0.3) is 0 Å². The Labute approximate surface area is 409 Å². The molecule has 1 rings (SSSR count).